The molecule has 0 radical (unpaired) electrons. The Labute approximate surface area is 131 Å². The molecule has 1 aromatic carbocycles. The first kappa shape index (κ1) is 17.3. The third kappa shape index (κ3) is 4.03. The zero-order valence-corrected chi connectivity index (χ0v) is 12.8. The van der Waals surface area contributed by atoms with Crippen molar-refractivity contribution >= 4 is 11.9 Å². The van der Waals surface area contributed by atoms with Gasteiger partial charge in [-0.25, -0.2) is 0 Å². The van der Waals surface area contributed by atoms with Gasteiger partial charge in [0.05, 0.1) is 11.5 Å². The zero-order chi connectivity index (χ0) is 17.4. The molecule has 0 heterocycles. The zero-order valence-electron chi connectivity index (χ0n) is 12.8. The standard InChI is InChI=1S/C16H18F3NO3/c1-9(15(22)23)8-20(2)14(21)13-7-12(13)10-3-5-11(6-4-10)16(17,18)19/h3-6,9,12-13H,7-8H2,1-2H3,(H,22,23). The van der Waals surface area contributed by atoms with Gasteiger partial charge in [0, 0.05) is 19.5 Å². The number of carbonyl (C=O) groups excluding carboxylic acids is 1. The van der Waals surface area contributed by atoms with Crippen LogP contribution in [0.3, 0.4) is 0 Å². The lowest BCUT2D eigenvalue weighted by Crippen LogP contribution is -2.34. The van der Waals surface area contributed by atoms with Crippen molar-refractivity contribution < 1.29 is 27.9 Å². The molecule has 0 saturated heterocycles. The van der Waals surface area contributed by atoms with E-state index in [1.807, 2.05) is 0 Å². The van der Waals surface area contributed by atoms with Gasteiger partial charge in [-0.2, -0.15) is 13.2 Å². The van der Waals surface area contributed by atoms with Crippen molar-refractivity contribution in [1.82, 2.24) is 4.90 Å². The van der Waals surface area contributed by atoms with E-state index < -0.39 is 23.6 Å². The van der Waals surface area contributed by atoms with Crippen LogP contribution < -0.4 is 0 Å². The van der Waals surface area contributed by atoms with E-state index in [1.165, 1.54) is 24.0 Å². The monoisotopic (exact) mass is 329 g/mol. The topological polar surface area (TPSA) is 57.6 Å². The van der Waals surface area contributed by atoms with E-state index in [-0.39, 0.29) is 24.3 Å². The first-order valence-electron chi connectivity index (χ1n) is 7.26. The molecule has 1 aliphatic carbocycles. The molecule has 0 aromatic heterocycles. The number of hydrogen-bond acceptors (Lipinski definition) is 2. The lowest BCUT2D eigenvalue weighted by Gasteiger charge is -2.19. The lowest BCUT2D eigenvalue weighted by atomic mass is 10.1. The van der Waals surface area contributed by atoms with Gasteiger partial charge in [-0.05, 0) is 30.0 Å². The second kappa shape index (κ2) is 6.22. The SMILES string of the molecule is CC(CN(C)C(=O)C1CC1c1ccc(C(F)(F)F)cc1)C(=O)O. The summed E-state index contributed by atoms with van der Waals surface area (Å²) in [5.74, 6) is -2.17. The Balaban J connectivity index is 1.96. The van der Waals surface area contributed by atoms with Gasteiger partial charge in [0.2, 0.25) is 5.91 Å². The minimum atomic E-state index is -4.37. The Morgan fingerprint density at radius 3 is 2.35 bits per heavy atom. The summed E-state index contributed by atoms with van der Waals surface area (Å²) >= 11 is 0. The minimum Gasteiger partial charge on any atom is -0.481 e. The molecule has 0 aliphatic heterocycles. The molecule has 4 nitrogen and oxygen atoms in total. The van der Waals surface area contributed by atoms with Gasteiger partial charge in [-0.3, -0.25) is 9.59 Å². The average Bonchev–Trinajstić information content (AvgIpc) is 3.25. The van der Waals surface area contributed by atoms with Crippen molar-refractivity contribution in [2.75, 3.05) is 13.6 Å². The molecule has 2 rings (SSSR count). The summed E-state index contributed by atoms with van der Waals surface area (Å²) in [5, 5.41) is 8.86. The Kier molecular flexibility index (Phi) is 4.68. The molecule has 1 amide bonds. The highest BCUT2D eigenvalue weighted by atomic mass is 19.4. The number of amides is 1. The molecule has 7 heteroatoms. The average molecular weight is 329 g/mol. The second-order valence-electron chi connectivity index (χ2n) is 6.03. The number of hydrogen-bond donors (Lipinski definition) is 1. The molecular formula is C16H18F3NO3. The maximum atomic E-state index is 12.5. The highest BCUT2D eigenvalue weighted by Gasteiger charge is 2.45. The Bertz CT molecular complexity index is 598. The molecule has 1 saturated carbocycles. The van der Waals surface area contributed by atoms with Gasteiger partial charge in [-0.15, -0.1) is 0 Å². The summed E-state index contributed by atoms with van der Waals surface area (Å²) < 4.78 is 37.6. The van der Waals surface area contributed by atoms with Gasteiger partial charge < -0.3 is 10.0 Å². The van der Waals surface area contributed by atoms with Crippen LogP contribution in [0.1, 0.15) is 30.4 Å². The van der Waals surface area contributed by atoms with Crippen molar-refractivity contribution in [2.45, 2.75) is 25.4 Å². The number of benzene rings is 1. The van der Waals surface area contributed by atoms with Crippen LogP contribution in [0.25, 0.3) is 0 Å². The number of rotatable bonds is 5. The fourth-order valence-electron chi connectivity index (χ4n) is 2.62. The number of halogens is 3. The highest BCUT2D eigenvalue weighted by molar-refractivity contribution is 5.83. The van der Waals surface area contributed by atoms with Crippen LogP contribution >= 0.6 is 0 Å². The molecule has 0 spiro atoms. The van der Waals surface area contributed by atoms with Crippen molar-refractivity contribution in [3.63, 3.8) is 0 Å². The summed E-state index contributed by atoms with van der Waals surface area (Å²) in [6.45, 7) is 1.64. The van der Waals surface area contributed by atoms with Gasteiger partial charge in [0.1, 0.15) is 0 Å². The van der Waals surface area contributed by atoms with Gasteiger partial charge in [0.15, 0.2) is 0 Å². The molecule has 0 bridgehead atoms. The van der Waals surface area contributed by atoms with Crippen molar-refractivity contribution in [3.8, 4) is 0 Å². The normalized spacial score (nSPS) is 21.6. The maximum Gasteiger partial charge on any atom is 0.416 e. The van der Waals surface area contributed by atoms with Gasteiger partial charge in [-0.1, -0.05) is 19.1 Å². The fourth-order valence-corrected chi connectivity index (χ4v) is 2.62. The first-order valence-corrected chi connectivity index (χ1v) is 7.26. The maximum absolute atomic E-state index is 12.5. The van der Waals surface area contributed by atoms with Crippen LogP contribution in [-0.4, -0.2) is 35.5 Å². The van der Waals surface area contributed by atoms with Gasteiger partial charge in [0.25, 0.3) is 0 Å². The molecule has 1 fully saturated rings. The van der Waals surface area contributed by atoms with E-state index in [1.54, 1.807) is 7.05 Å². The molecule has 3 atom stereocenters. The molecule has 3 unspecified atom stereocenters. The highest BCUT2D eigenvalue weighted by Crippen LogP contribution is 2.48. The minimum absolute atomic E-state index is 0.0904. The predicted molar refractivity (Wildman–Crippen MR) is 76.7 cm³/mol. The van der Waals surface area contributed by atoms with Crippen LogP contribution in [0, 0.1) is 11.8 Å². The molecule has 1 aliphatic rings. The summed E-state index contributed by atoms with van der Waals surface area (Å²) in [5.41, 5.74) is -0.00629. The number of aliphatic carboxylic acids is 1. The van der Waals surface area contributed by atoms with Crippen LogP contribution in [-0.2, 0) is 15.8 Å². The van der Waals surface area contributed by atoms with Crippen LogP contribution in [0.5, 0.6) is 0 Å². The number of carboxylic acid groups (broad SMARTS) is 1. The summed E-state index contributed by atoms with van der Waals surface area (Å²) in [4.78, 5) is 24.4. The van der Waals surface area contributed by atoms with E-state index in [0.29, 0.717) is 12.0 Å². The van der Waals surface area contributed by atoms with Gasteiger partial charge >= 0.3 is 12.1 Å². The van der Waals surface area contributed by atoms with E-state index in [4.69, 9.17) is 5.11 Å². The largest absolute Gasteiger partial charge is 0.481 e. The lowest BCUT2D eigenvalue weighted by molar-refractivity contribution is -0.143. The third-order valence-electron chi connectivity index (χ3n) is 4.12. The second-order valence-corrected chi connectivity index (χ2v) is 6.03. The smallest absolute Gasteiger partial charge is 0.416 e. The fraction of sp³-hybridized carbons (Fsp3) is 0.500. The van der Waals surface area contributed by atoms with Crippen molar-refractivity contribution in [2.24, 2.45) is 11.8 Å². The van der Waals surface area contributed by atoms with Crippen LogP contribution in [0.15, 0.2) is 24.3 Å². The van der Waals surface area contributed by atoms with E-state index in [0.717, 1.165) is 12.1 Å². The van der Waals surface area contributed by atoms with E-state index >= 15 is 0 Å². The summed E-state index contributed by atoms with van der Waals surface area (Å²) in [6, 6.07) is 4.85. The molecule has 23 heavy (non-hydrogen) atoms. The first-order chi connectivity index (χ1) is 10.6. The quantitative estimate of drug-likeness (QED) is 0.903. The van der Waals surface area contributed by atoms with Crippen molar-refractivity contribution in [3.05, 3.63) is 35.4 Å². The number of nitrogens with zero attached hydrogens (tertiary/aromatic N) is 1. The van der Waals surface area contributed by atoms with Crippen LogP contribution in [0.4, 0.5) is 13.2 Å². The number of carboxylic acids is 1. The Hall–Kier alpha value is -2.05. The summed E-state index contributed by atoms with van der Waals surface area (Å²) in [6.07, 6.45) is -3.79. The third-order valence-corrected chi connectivity index (χ3v) is 4.12. The molecule has 1 aromatic rings. The Morgan fingerprint density at radius 2 is 1.87 bits per heavy atom. The van der Waals surface area contributed by atoms with Crippen LogP contribution in [0.2, 0.25) is 0 Å². The van der Waals surface area contributed by atoms with Crippen molar-refractivity contribution in [1.29, 1.82) is 0 Å². The number of alkyl halides is 3. The Morgan fingerprint density at radius 1 is 1.30 bits per heavy atom. The molecular weight excluding hydrogens is 311 g/mol. The summed E-state index contributed by atoms with van der Waals surface area (Å²) in [7, 11) is 1.55. The van der Waals surface area contributed by atoms with E-state index in [2.05, 4.69) is 0 Å². The molecule has 126 valence electrons. The molecule has 1 N–H and O–H groups in total. The predicted octanol–water partition coefficient (Wildman–Crippen LogP) is 2.99. The van der Waals surface area contributed by atoms with E-state index in [9.17, 15) is 22.8 Å². The number of carbonyl (C=O) groups is 2.